The van der Waals surface area contributed by atoms with Gasteiger partial charge in [-0.15, -0.1) is 0 Å². The zero-order valence-electron chi connectivity index (χ0n) is 7.10. The lowest BCUT2D eigenvalue weighted by molar-refractivity contribution is -0.104. The fourth-order valence-electron chi connectivity index (χ4n) is 0.715. The maximum absolute atomic E-state index is 9.89. The van der Waals surface area contributed by atoms with Crippen LogP contribution in [0.2, 0.25) is 0 Å². The Morgan fingerprint density at radius 2 is 1.75 bits per heavy atom. The Balaban J connectivity index is 0.000000561. The standard InChI is InChI=1S/C9H8O.CH5N/c10-8-4-7-9-5-2-1-3-6-9;1-2/h1-8H;2H2,1H3/b7-4+;. The maximum atomic E-state index is 9.89. The lowest BCUT2D eigenvalue weighted by Crippen LogP contribution is -1.69. The zero-order valence-corrected chi connectivity index (χ0v) is 7.10. The molecule has 0 aliphatic rings. The largest absolute Gasteiger partial charge is 0.333 e. The number of aldehydes is 1. The molecule has 0 fully saturated rings. The van der Waals surface area contributed by atoms with Gasteiger partial charge in [0.1, 0.15) is 6.29 Å². The molecule has 0 unspecified atom stereocenters. The van der Waals surface area contributed by atoms with Gasteiger partial charge >= 0.3 is 0 Å². The Hall–Kier alpha value is -1.41. The first-order valence-corrected chi connectivity index (χ1v) is 3.68. The first-order chi connectivity index (χ1) is 5.93. The monoisotopic (exact) mass is 163 g/mol. The number of allylic oxidation sites excluding steroid dienone is 1. The molecule has 12 heavy (non-hydrogen) atoms. The highest BCUT2D eigenvalue weighted by Gasteiger charge is 1.79. The van der Waals surface area contributed by atoms with E-state index in [1.165, 1.54) is 13.1 Å². The first-order valence-electron chi connectivity index (χ1n) is 3.68. The van der Waals surface area contributed by atoms with Gasteiger partial charge in [-0.25, -0.2) is 0 Å². The summed E-state index contributed by atoms with van der Waals surface area (Å²) in [7, 11) is 1.50. The molecule has 1 rings (SSSR count). The van der Waals surface area contributed by atoms with Crippen molar-refractivity contribution in [1.82, 2.24) is 0 Å². The average Bonchev–Trinajstić information content (AvgIpc) is 2.19. The van der Waals surface area contributed by atoms with Crippen molar-refractivity contribution in [2.75, 3.05) is 7.05 Å². The molecule has 2 heteroatoms. The van der Waals surface area contributed by atoms with Crippen LogP contribution in [0.4, 0.5) is 0 Å². The predicted molar refractivity (Wildman–Crippen MR) is 51.7 cm³/mol. The molecule has 0 atom stereocenters. The lowest BCUT2D eigenvalue weighted by atomic mass is 10.2. The number of benzene rings is 1. The zero-order chi connectivity index (χ0) is 9.23. The van der Waals surface area contributed by atoms with Gasteiger partial charge in [0.05, 0.1) is 0 Å². The number of carbonyl (C=O) groups is 1. The van der Waals surface area contributed by atoms with Crippen LogP contribution in [0.3, 0.4) is 0 Å². The number of nitrogens with two attached hydrogens (primary N) is 1. The number of hydrogen-bond acceptors (Lipinski definition) is 2. The van der Waals surface area contributed by atoms with Crippen LogP contribution in [0.5, 0.6) is 0 Å². The van der Waals surface area contributed by atoms with Gasteiger partial charge in [0.25, 0.3) is 0 Å². The molecule has 0 heterocycles. The molecule has 2 nitrogen and oxygen atoms in total. The third kappa shape index (κ3) is 4.41. The van der Waals surface area contributed by atoms with Gasteiger partial charge in [-0.3, -0.25) is 4.79 Å². The highest BCUT2D eigenvalue weighted by atomic mass is 16.1. The molecule has 0 aliphatic heterocycles. The van der Waals surface area contributed by atoms with Crippen LogP contribution in [-0.2, 0) is 4.79 Å². The van der Waals surface area contributed by atoms with Crippen LogP contribution in [0.1, 0.15) is 5.56 Å². The van der Waals surface area contributed by atoms with E-state index in [1.807, 2.05) is 30.3 Å². The van der Waals surface area contributed by atoms with Gasteiger partial charge in [-0.1, -0.05) is 36.4 Å². The second-order valence-electron chi connectivity index (χ2n) is 1.91. The SMILES string of the molecule is CN.O=C/C=C/c1ccccc1. The minimum absolute atomic E-state index is 0.771. The Morgan fingerprint density at radius 1 is 1.17 bits per heavy atom. The first kappa shape index (κ1) is 10.6. The molecule has 1 aromatic carbocycles. The number of hydrogen-bond donors (Lipinski definition) is 1. The van der Waals surface area contributed by atoms with E-state index in [4.69, 9.17) is 0 Å². The van der Waals surface area contributed by atoms with Crippen molar-refractivity contribution in [3.05, 3.63) is 42.0 Å². The number of rotatable bonds is 2. The second-order valence-corrected chi connectivity index (χ2v) is 1.91. The summed E-state index contributed by atoms with van der Waals surface area (Å²) in [5.41, 5.74) is 5.55. The molecule has 0 spiro atoms. The van der Waals surface area contributed by atoms with Gasteiger partial charge in [-0.05, 0) is 18.7 Å². The summed E-state index contributed by atoms with van der Waals surface area (Å²) < 4.78 is 0. The summed E-state index contributed by atoms with van der Waals surface area (Å²) in [6, 6.07) is 9.70. The Kier molecular flexibility index (Phi) is 6.79. The predicted octanol–water partition coefficient (Wildman–Crippen LogP) is 1.47. The lowest BCUT2D eigenvalue weighted by Gasteiger charge is -1.86. The molecule has 2 N–H and O–H groups in total. The van der Waals surface area contributed by atoms with Crippen LogP contribution < -0.4 is 5.73 Å². The molecule has 0 saturated carbocycles. The van der Waals surface area contributed by atoms with Gasteiger partial charge in [0.2, 0.25) is 0 Å². The van der Waals surface area contributed by atoms with Gasteiger partial charge < -0.3 is 5.73 Å². The molecular formula is C10H13NO. The van der Waals surface area contributed by atoms with Crippen LogP contribution in [0, 0.1) is 0 Å². The Bertz CT molecular complexity index is 229. The average molecular weight is 163 g/mol. The Labute approximate surface area is 72.7 Å². The van der Waals surface area contributed by atoms with Crippen molar-refractivity contribution in [2.24, 2.45) is 5.73 Å². The third-order valence-corrected chi connectivity index (χ3v) is 1.17. The minimum atomic E-state index is 0.771. The van der Waals surface area contributed by atoms with Crippen molar-refractivity contribution < 1.29 is 4.79 Å². The molecule has 0 aromatic heterocycles. The quantitative estimate of drug-likeness (QED) is 0.530. The summed E-state index contributed by atoms with van der Waals surface area (Å²) in [6.07, 6.45) is 4.02. The van der Waals surface area contributed by atoms with Crippen molar-refractivity contribution in [3.63, 3.8) is 0 Å². The maximum Gasteiger partial charge on any atom is 0.142 e. The van der Waals surface area contributed by atoms with Gasteiger partial charge in [0.15, 0.2) is 0 Å². The fraction of sp³-hybridized carbons (Fsp3) is 0.100. The highest BCUT2D eigenvalue weighted by Crippen LogP contribution is 1.99. The van der Waals surface area contributed by atoms with E-state index in [2.05, 4.69) is 5.73 Å². The molecular weight excluding hydrogens is 150 g/mol. The van der Waals surface area contributed by atoms with Crippen molar-refractivity contribution in [2.45, 2.75) is 0 Å². The Morgan fingerprint density at radius 3 is 2.25 bits per heavy atom. The topological polar surface area (TPSA) is 43.1 Å². The summed E-state index contributed by atoms with van der Waals surface area (Å²) in [5, 5.41) is 0. The second kappa shape index (κ2) is 7.69. The summed E-state index contributed by atoms with van der Waals surface area (Å²) in [5.74, 6) is 0. The van der Waals surface area contributed by atoms with E-state index in [0.717, 1.165) is 11.8 Å². The highest BCUT2D eigenvalue weighted by molar-refractivity contribution is 5.73. The molecule has 0 radical (unpaired) electrons. The van der Waals surface area contributed by atoms with E-state index in [-0.39, 0.29) is 0 Å². The molecule has 1 aromatic rings. The summed E-state index contributed by atoms with van der Waals surface area (Å²) in [4.78, 5) is 9.89. The fourth-order valence-corrected chi connectivity index (χ4v) is 0.715. The molecule has 0 saturated heterocycles. The van der Waals surface area contributed by atoms with Crippen LogP contribution in [0.15, 0.2) is 36.4 Å². The van der Waals surface area contributed by atoms with Gasteiger partial charge in [0, 0.05) is 0 Å². The smallest absolute Gasteiger partial charge is 0.142 e. The van der Waals surface area contributed by atoms with E-state index >= 15 is 0 Å². The van der Waals surface area contributed by atoms with Crippen molar-refractivity contribution in [3.8, 4) is 0 Å². The molecule has 0 aliphatic carbocycles. The van der Waals surface area contributed by atoms with Crippen LogP contribution >= 0.6 is 0 Å². The molecule has 0 bridgehead atoms. The van der Waals surface area contributed by atoms with E-state index in [9.17, 15) is 4.79 Å². The normalized spacial score (nSPS) is 8.83. The molecule has 0 amide bonds. The molecule has 64 valence electrons. The van der Waals surface area contributed by atoms with Crippen molar-refractivity contribution in [1.29, 1.82) is 0 Å². The summed E-state index contributed by atoms with van der Waals surface area (Å²) >= 11 is 0. The number of carbonyl (C=O) groups excluding carboxylic acids is 1. The van der Waals surface area contributed by atoms with Crippen LogP contribution in [0.25, 0.3) is 6.08 Å². The van der Waals surface area contributed by atoms with Gasteiger partial charge in [-0.2, -0.15) is 0 Å². The summed E-state index contributed by atoms with van der Waals surface area (Å²) in [6.45, 7) is 0. The van der Waals surface area contributed by atoms with E-state index in [1.54, 1.807) is 6.08 Å². The third-order valence-electron chi connectivity index (χ3n) is 1.17. The van der Waals surface area contributed by atoms with Crippen LogP contribution in [-0.4, -0.2) is 13.3 Å². The van der Waals surface area contributed by atoms with E-state index < -0.39 is 0 Å². The van der Waals surface area contributed by atoms with E-state index in [0.29, 0.717) is 0 Å². The minimum Gasteiger partial charge on any atom is -0.333 e. The van der Waals surface area contributed by atoms with Crippen molar-refractivity contribution >= 4 is 12.4 Å².